The molecule has 1 aliphatic rings. The number of ether oxygens (including phenoxy) is 1. The van der Waals surface area contributed by atoms with Gasteiger partial charge in [-0.3, -0.25) is 4.79 Å². The summed E-state index contributed by atoms with van der Waals surface area (Å²) in [5.74, 6) is 0.566. The maximum Gasteiger partial charge on any atom is 0.255 e. The quantitative estimate of drug-likeness (QED) is 0.381. The molecule has 5 nitrogen and oxygen atoms in total. The van der Waals surface area contributed by atoms with E-state index in [1.54, 1.807) is 60.8 Å². The normalized spacial score (nSPS) is 13.1. The number of hydrogen-bond acceptors (Lipinski definition) is 6. The second-order valence-electron chi connectivity index (χ2n) is 7.35. The summed E-state index contributed by atoms with van der Waals surface area (Å²) in [6, 6.07) is 14.9. The van der Waals surface area contributed by atoms with E-state index in [1.807, 2.05) is 24.3 Å². The van der Waals surface area contributed by atoms with Gasteiger partial charge in [-0.25, -0.2) is 9.97 Å². The predicted molar refractivity (Wildman–Crippen MR) is 126 cm³/mol. The third kappa shape index (κ3) is 4.03. The number of hydrogen-bond donors (Lipinski definition) is 1. The zero-order valence-electron chi connectivity index (χ0n) is 17.1. The van der Waals surface area contributed by atoms with E-state index in [0.717, 1.165) is 39.0 Å². The highest BCUT2D eigenvalue weighted by molar-refractivity contribution is 7.99. The minimum absolute atomic E-state index is 0.156. The molecular weight excluding hydrogens is 426 g/mol. The zero-order valence-corrected chi connectivity index (χ0v) is 18.7. The van der Waals surface area contributed by atoms with Gasteiger partial charge in [0.1, 0.15) is 21.9 Å². The Morgan fingerprint density at radius 3 is 2.71 bits per heavy atom. The molecular formula is C24H21N3O2S2. The smallest absolute Gasteiger partial charge is 0.255 e. The number of para-hydroxylation sites is 1. The molecule has 0 spiro atoms. The van der Waals surface area contributed by atoms with Crippen molar-refractivity contribution in [3.05, 3.63) is 70.9 Å². The summed E-state index contributed by atoms with van der Waals surface area (Å²) in [4.78, 5) is 25.4. The van der Waals surface area contributed by atoms with Crippen LogP contribution in [0.5, 0.6) is 5.75 Å². The summed E-state index contributed by atoms with van der Waals surface area (Å²) >= 11 is 3.38. The van der Waals surface area contributed by atoms with Crippen molar-refractivity contribution in [3.63, 3.8) is 0 Å². The van der Waals surface area contributed by atoms with Gasteiger partial charge in [0.15, 0.2) is 0 Å². The third-order valence-electron chi connectivity index (χ3n) is 5.41. The van der Waals surface area contributed by atoms with Gasteiger partial charge in [-0.05, 0) is 67.6 Å². The fraction of sp³-hybridized carbons (Fsp3) is 0.208. The first kappa shape index (κ1) is 20.0. The van der Waals surface area contributed by atoms with Crippen LogP contribution < -0.4 is 10.1 Å². The lowest BCUT2D eigenvalue weighted by Crippen LogP contribution is -2.12. The Labute approximate surface area is 188 Å². The highest BCUT2D eigenvalue weighted by Gasteiger charge is 2.21. The van der Waals surface area contributed by atoms with Gasteiger partial charge in [0, 0.05) is 20.7 Å². The Morgan fingerprint density at radius 2 is 1.87 bits per heavy atom. The van der Waals surface area contributed by atoms with Gasteiger partial charge in [0.2, 0.25) is 0 Å². The molecule has 0 saturated heterocycles. The van der Waals surface area contributed by atoms with Crippen molar-refractivity contribution in [2.75, 3.05) is 12.4 Å². The van der Waals surface area contributed by atoms with Crippen LogP contribution in [0.3, 0.4) is 0 Å². The molecule has 0 bridgehead atoms. The second-order valence-corrected chi connectivity index (χ2v) is 9.46. The van der Waals surface area contributed by atoms with Crippen LogP contribution in [0.2, 0.25) is 0 Å². The first-order valence-corrected chi connectivity index (χ1v) is 11.8. The largest absolute Gasteiger partial charge is 0.497 e. The second kappa shape index (κ2) is 8.69. The fourth-order valence-electron chi connectivity index (χ4n) is 3.84. The van der Waals surface area contributed by atoms with E-state index in [0.29, 0.717) is 5.56 Å². The van der Waals surface area contributed by atoms with Crippen LogP contribution >= 0.6 is 23.1 Å². The molecule has 156 valence electrons. The summed E-state index contributed by atoms with van der Waals surface area (Å²) in [5, 5.41) is 5.19. The van der Waals surface area contributed by atoms with Gasteiger partial charge in [0.05, 0.1) is 12.8 Å². The van der Waals surface area contributed by atoms with Crippen LogP contribution in [0.4, 0.5) is 5.69 Å². The zero-order chi connectivity index (χ0) is 21.2. The van der Waals surface area contributed by atoms with Crippen LogP contribution in [0, 0.1) is 0 Å². The first-order chi connectivity index (χ1) is 15.2. The molecule has 0 atom stereocenters. The number of carbonyl (C=O) groups excluding carboxylic acids is 1. The molecule has 5 rings (SSSR count). The molecule has 2 aromatic carbocycles. The predicted octanol–water partition coefficient (Wildman–Crippen LogP) is 5.98. The average molecular weight is 448 g/mol. The van der Waals surface area contributed by atoms with Gasteiger partial charge < -0.3 is 10.1 Å². The van der Waals surface area contributed by atoms with Gasteiger partial charge in [-0.1, -0.05) is 23.9 Å². The minimum Gasteiger partial charge on any atom is -0.497 e. The summed E-state index contributed by atoms with van der Waals surface area (Å²) < 4.78 is 5.17. The molecule has 0 unspecified atom stereocenters. The lowest BCUT2D eigenvalue weighted by Gasteiger charge is -2.13. The number of amides is 1. The Kier molecular flexibility index (Phi) is 5.61. The Balaban J connectivity index is 1.45. The SMILES string of the molecule is COc1ccc(C(=O)Nc2ccccc2Sc2ncnc3sc4c(c23)CCCC4)cc1. The van der Waals surface area contributed by atoms with E-state index >= 15 is 0 Å². The number of aromatic nitrogens is 2. The van der Waals surface area contributed by atoms with Crippen molar-refractivity contribution < 1.29 is 9.53 Å². The molecule has 0 radical (unpaired) electrons. The summed E-state index contributed by atoms with van der Waals surface area (Å²) in [6.07, 6.45) is 6.33. The van der Waals surface area contributed by atoms with E-state index in [-0.39, 0.29) is 5.91 Å². The standard InChI is InChI=1S/C24H21N3O2S2/c1-29-16-12-10-15(11-13-16)22(28)27-18-7-3-5-9-20(18)31-24-21-17-6-2-4-8-19(17)30-23(21)25-14-26-24/h3,5,7,9-14H,2,4,6,8H2,1H3,(H,27,28). The van der Waals surface area contributed by atoms with Gasteiger partial charge >= 0.3 is 0 Å². The lowest BCUT2D eigenvalue weighted by molar-refractivity contribution is 0.102. The average Bonchev–Trinajstić information content (AvgIpc) is 3.20. The molecule has 0 aliphatic heterocycles. The number of aryl methyl sites for hydroxylation is 2. The minimum atomic E-state index is -0.156. The van der Waals surface area contributed by atoms with Crippen molar-refractivity contribution in [1.29, 1.82) is 0 Å². The van der Waals surface area contributed by atoms with E-state index in [4.69, 9.17) is 4.74 Å². The Hall–Kier alpha value is -2.90. The molecule has 1 amide bonds. The van der Waals surface area contributed by atoms with Crippen LogP contribution in [0.15, 0.2) is 64.8 Å². The molecule has 2 heterocycles. The number of thiophene rings is 1. The van der Waals surface area contributed by atoms with E-state index in [2.05, 4.69) is 15.3 Å². The molecule has 0 saturated carbocycles. The fourth-order valence-corrected chi connectivity index (χ4v) is 6.14. The molecule has 1 aliphatic carbocycles. The number of benzene rings is 2. The summed E-state index contributed by atoms with van der Waals surface area (Å²) in [6.45, 7) is 0. The highest BCUT2D eigenvalue weighted by atomic mass is 32.2. The highest BCUT2D eigenvalue weighted by Crippen LogP contribution is 2.42. The van der Waals surface area contributed by atoms with Gasteiger partial charge in [0.25, 0.3) is 5.91 Å². The molecule has 2 aromatic heterocycles. The summed E-state index contributed by atoms with van der Waals surface area (Å²) in [7, 11) is 1.61. The first-order valence-electron chi connectivity index (χ1n) is 10.2. The molecule has 0 fully saturated rings. The number of anilines is 1. The number of carbonyl (C=O) groups is 1. The number of nitrogens with zero attached hydrogens (tertiary/aromatic N) is 2. The number of nitrogens with one attached hydrogen (secondary N) is 1. The molecule has 7 heteroatoms. The van der Waals surface area contributed by atoms with Crippen molar-refractivity contribution in [2.45, 2.75) is 35.6 Å². The Bertz CT molecular complexity index is 1250. The maximum atomic E-state index is 12.8. The maximum absolute atomic E-state index is 12.8. The molecule has 1 N–H and O–H groups in total. The number of rotatable bonds is 5. The van der Waals surface area contributed by atoms with Crippen LogP contribution in [-0.2, 0) is 12.8 Å². The van der Waals surface area contributed by atoms with Gasteiger partial charge in [-0.2, -0.15) is 0 Å². The van der Waals surface area contributed by atoms with Crippen molar-refractivity contribution >= 4 is 44.9 Å². The number of methoxy groups -OCH3 is 1. The monoisotopic (exact) mass is 447 g/mol. The van der Waals surface area contributed by atoms with Crippen LogP contribution in [0.1, 0.15) is 33.6 Å². The molecule has 4 aromatic rings. The lowest BCUT2D eigenvalue weighted by atomic mass is 9.97. The van der Waals surface area contributed by atoms with E-state index in [9.17, 15) is 4.79 Å². The summed E-state index contributed by atoms with van der Waals surface area (Å²) in [5.41, 5.74) is 2.76. The topological polar surface area (TPSA) is 64.1 Å². The Morgan fingerprint density at radius 1 is 1.06 bits per heavy atom. The number of fused-ring (bicyclic) bond motifs is 3. The van der Waals surface area contributed by atoms with Crippen LogP contribution in [-0.4, -0.2) is 23.0 Å². The van der Waals surface area contributed by atoms with Crippen molar-refractivity contribution in [2.24, 2.45) is 0 Å². The third-order valence-corrected chi connectivity index (χ3v) is 7.69. The van der Waals surface area contributed by atoms with Gasteiger partial charge in [-0.15, -0.1) is 11.3 Å². The van der Waals surface area contributed by atoms with E-state index < -0.39 is 0 Å². The molecule has 31 heavy (non-hydrogen) atoms. The van der Waals surface area contributed by atoms with Crippen molar-refractivity contribution in [3.8, 4) is 5.75 Å². The van der Waals surface area contributed by atoms with E-state index in [1.165, 1.54) is 28.7 Å². The van der Waals surface area contributed by atoms with Crippen LogP contribution in [0.25, 0.3) is 10.2 Å². The van der Waals surface area contributed by atoms with Crippen molar-refractivity contribution in [1.82, 2.24) is 9.97 Å².